The van der Waals surface area contributed by atoms with E-state index in [4.69, 9.17) is 0 Å². The van der Waals surface area contributed by atoms with Gasteiger partial charge in [0.05, 0.1) is 11.9 Å². The van der Waals surface area contributed by atoms with Crippen LogP contribution in [0.2, 0.25) is 0 Å². The fraction of sp³-hybridized carbons (Fsp3) is 1.00. The molecule has 84 valence electrons. The molecule has 0 spiro atoms. The highest BCUT2D eigenvalue weighted by Gasteiger charge is 2.24. The van der Waals surface area contributed by atoms with Crippen LogP contribution in [-0.4, -0.2) is 43.7 Å². The molecule has 0 bridgehead atoms. The van der Waals surface area contributed by atoms with Crippen LogP contribution in [0, 0.1) is 0 Å². The lowest BCUT2D eigenvalue weighted by Crippen LogP contribution is -2.38. The summed E-state index contributed by atoms with van der Waals surface area (Å²) in [7, 11) is -2.87. The van der Waals surface area contributed by atoms with Gasteiger partial charge in [-0.1, -0.05) is 6.92 Å². The van der Waals surface area contributed by atoms with Gasteiger partial charge in [0.25, 0.3) is 0 Å². The van der Waals surface area contributed by atoms with Gasteiger partial charge in [-0.2, -0.15) is 0 Å². The minimum atomic E-state index is -2.87. The third kappa shape index (κ3) is 3.55. The topological polar surface area (TPSA) is 66.4 Å². The van der Waals surface area contributed by atoms with Gasteiger partial charge in [-0.25, -0.2) is 8.42 Å². The molecular formula is C9H19NO3S. The molecule has 2 atom stereocenters. The summed E-state index contributed by atoms with van der Waals surface area (Å²) in [4.78, 5) is 0. The largest absolute Gasteiger partial charge is 0.392 e. The molecule has 1 saturated carbocycles. The van der Waals surface area contributed by atoms with E-state index < -0.39 is 9.84 Å². The first-order valence-corrected chi connectivity index (χ1v) is 6.99. The molecule has 1 aliphatic carbocycles. The Bertz CT molecular complexity index is 263. The van der Waals surface area contributed by atoms with Crippen molar-refractivity contribution >= 4 is 9.84 Å². The van der Waals surface area contributed by atoms with Crippen molar-refractivity contribution in [3.8, 4) is 0 Å². The minimum absolute atomic E-state index is 0.0991. The van der Waals surface area contributed by atoms with Gasteiger partial charge in [0.15, 0.2) is 9.84 Å². The van der Waals surface area contributed by atoms with Crippen molar-refractivity contribution in [2.24, 2.45) is 0 Å². The summed E-state index contributed by atoms with van der Waals surface area (Å²) < 4.78 is 22.3. The van der Waals surface area contributed by atoms with Crippen molar-refractivity contribution in [2.45, 2.75) is 38.3 Å². The van der Waals surface area contributed by atoms with Gasteiger partial charge < -0.3 is 10.4 Å². The van der Waals surface area contributed by atoms with Crippen LogP contribution in [0.5, 0.6) is 0 Å². The molecule has 1 aliphatic rings. The first-order chi connectivity index (χ1) is 6.55. The average Bonchev–Trinajstić information content (AvgIpc) is 2.52. The maximum Gasteiger partial charge on any atom is 0.151 e. The lowest BCUT2D eigenvalue weighted by atomic mass is 10.2. The van der Waals surface area contributed by atoms with Crippen LogP contribution < -0.4 is 5.32 Å². The Morgan fingerprint density at radius 2 is 2.14 bits per heavy atom. The summed E-state index contributed by atoms with van der Waals surface area (Å²) in [5.41, 5.74) is 0. The van der Waals surface area contributed by atoms with Crippen molar-refractivity contribution in [3.63, 3.8) is 0 Å². The molecule has 0 unspecified atom stereocenters. The molecular weight excluding hydrogens is 202 g/mol. The number of rotatable bonds is 5. The molecule has 1 rings (SSSR count). The second-order valence-corrected chi connectivity index (χ2v) is 6.27. The zero-order chi connectivity index (χ0) is 10.6. The Morgan fingerprint density at radius 3 is 2.64 bits per heavy atom. The van der Waals surface area contributed by atoms with Gasteiger partial charge in [0, 0.05) is 18.3 Å². The minimum Gasteiger partial charge on any atom is -0.392 e. The molecule has 5 heteroatoms. The molecule has 14 heavy (non-hydrogen) atoms. The number of hydrogen-bond acceptors (Lipinski definition) is 4. The summed E-state index contributed by atoms with van der Waals surface area (Å²) >= 11 is 0. The normalized spacial score (nSPS) is 28.1. The molecule has 0 aliphatic heterocycles. The van der Waals surface area contributed by atoms with Gasteiger partial charge in [-0.05, 0) is 19.3 Å². The van der Waals surface area contributed by atoms with E-state index in [1.165, 1.54) is 0 Å². The van der Waals surface area contributed by atoms with E-state index in [0.717, 1.165) is 19.3 Å². The van der Waals surface area contributed by atoms with Crippen LogP contribution in [0.4, 0.5) is 0 Å². The molecule has 0 aromatic heterocycles. The molecule has 0 aromatic carbocycles. The van der Waals surface area contributed by atoms with Gasteiger partial charge in [-0.3, -0.25) is 0 Å². The van der Waals surface area contributed by atoms with E-state index >= 15 is 0 Å². The highest BCUT2D eigenvalue weighted by Crippen LogP contribution is 2.18. The van der Waals surface area contributed by atoms with Crippen LogP contribution in [0.25, 0.3) is 0 Å². The summed E-state index contributed by atoms with van der Waals surface area (Å²) in [6, 6.07) is 0.0991. The highest BCUT2D eigenvalue weighted by molar-refractivity contribution is 7.91. The van der Waals surface area contributed by atoms with Gasteiger partial charge in [0.2, 0.25) is 0 Å². The molecule has 0 aromatic rings. The predicted octanol–water partition coefficient (Wildman–Crippen LogP) is -0.0759. The van der Waals surface area contributed by atoms with Gasteiger partial charge in [-0.15, -0.1) is 0 Å². The van der Waals surface area contributed by atoms with Crippen molar-refractivity contribution in [1.29, 1.82) is 0 Å². The van der Waals surface area contributed by atoms with Gasteiger partial charge >= 0.3 is 0 Å². The smallest absolute Gasteiger partial charge is 0.151 e. The van der Waals surface area contributed by atoms with Crippen molar-refractivity contribution in [1.82, 2.24) is 5.32 Å². The number of nitrogens with one attached hydrogen (secondary N) is 1. The Hall–Kier alpha value is -0.130. The van der Waals surface area contributed by atoms with Crippen LogP contribution in [0.15, 0.2) is 0 Å². The fourth-order valence-electron chi connectivity index (χ4n) is 1.72. The predicted molar refractivity (Wildman–Crippen MR) is 56.0 cm³/mol. The summed E-state index contributed by atoms with van der Waals surface area (Å²) in [5, 5.41) is 12.6. The lowest BCUT2D eigenvalue weighted by Gasteiger charge is -2.15. The number of sulfone groups is 1. The standard InChI is InChI=1S/C9H19NO3S/c1-2-14(12,13)7-6-10-8-4-3-5-9(8)11/h8-11H,2-7H2,1H3/t8-,9-/m1/s1. The Labute approximate surface area is 85.6 Å². The Balaban J connectivity index is 2.21. The quantitative estimate of drug-likeness (QED) is 0.681. The van der Waals surface area contributed by atoms with Crippen LogP contribution in [-0.2, 0) is 9.84 Å². The third-order valence-corrected chi connectivity index (χ3v) is 4.44. The summed E-state index contributed by atoms with van der Waals surface area (Å²) in [6.07, 6.45) is 2.52. The van der Waals surface area contributed by atoms with E-state index in [2.05, 4.69) is 5.32 Å². The highest BCUT2D eigenvalue weighted by atomic mass is 32.2. The SMILES string of the molecule is CCS(=O)(=O)CCN[C@@H]1CCC[C@H]1O. The maximum absolute atomic E-state index is 11.2. The summed E-state index contributed by atoms with van der Waals surface area (Å²) in [6.45, 7) is 2.11. The zero-order valence-corrected chi connectivity index (χ0v) is 9.39. The maximum atomic E-state index is 11.2. The summed E-state index contributed by atoms with van der Waals surface area (Å²) in [5.74, 6) is 0.370. The lowest BCUT2D eigenvalue weighted by molar-refractivity contribution is 0.150. The zero-order valence-electron chi connectivity index (χ0n) is 8.57. The molecule has 0 amide bonds. The van der Waals surface area contributed by atoms with E-state index in [9.17, 15) is 13.5 Å². The number of hydrogen-bond donors (Lipinski definition) is 2. The van der Waals surface area contributed by atoms with E-state index in [0.29, 0.717) is 6.54 Å². The molecule has 1 fully saturated rings. The molecule has 0 saturated heterocycles. The second-order valence-electron chi connectivity index (χ2n) is 3.80. The molecule has 4 nitrogen and oxygen atoms in total. The van der Waals surface area contributed by atoms with E-state index in [1.54, 1.807) is 6.92 Å². The molecule has 0 heterocycles. The van der Waals surface area contributed by atoms with E-state index in [1.807, 2.05) is 0 Å². The van der Waals surface area contributed by atoms with Crippen molar-refractivity contribution in [3.05, 3.63) is 0 Å². The second kappa shape index (κ2) is 5.09. The molecule has 2 N–H and O–H groups in total. The van der Waals surface area contributed by atoms with Crippen molar-refractivity contribution in [2.75, 3.05) is 18.1 Å². The van der Waals surface area contributed by atoms with E-state index in [-0.39, 0.29) is 23.7 Å². The van der Waals surface area contributed by atoms with Crippen LogP contribution >= 0.6 is 0 Å². The monoisotopic (exact) mass is 221 g/mol. The molecule has 0 radical (unpaired) electrons. The van der Waals surface area contributed by atoms with Crippen LogP contribution in [0.1, 0.15) is 26.2 Å². The van der Waals surface area contributed by atoms with Gasteiger partial charge in [0.1, 0.15) is 0 Å². The Kier molecular flexibility index (Phi) is 4.34. The Morgan fingerprint density at radius 1 is 1.43 bits per heavy atom. The number of aliphatic hydroxyl groups is 1. The fourth-order valence-corrected chi connectivity index (χ4v) is 2.44. The van der Waals surface area contributed by atoms with Crippen molar-refractivity contribution < 1.29 is 13.5 Å². The first kappa shape index (κ1) is 11.9. The first-order valence-electron chi connectivity index (χ1n) is 5.17. The number of aliphatic hydroxyl groups excluding tert-OH is 1. The third-order valence-electron chi connectivity index (χ3n) is 2.74. The van der Waals surface area contributed by atoms with Crippen LogP contribution in [0.3, 0.4) is 0 Å². The average molecular weight is 221 g/mol.